The Bertz CT molecular complexity index is 650. The van der Waals surface area contributed by atoms with E-state index in [0.717, 1.165) is 25.7 Å². The van der Waals surface area contributed by atoms with Crippen molar-refractivity contribution in [2.75, 3.05) is 20.2 Å². The molecule has 0 radical (unpaired) electrons. The first-order chi connectivity index (χ1) is 12.0. The van der Waals surface area contributed by atoms with Crippen molar-refractivity contribution in [1.29, 1.82) is 0 Å². The summed E-state index contributed by atoms with van der Waals surface area (Å²) in [6, 6.07) is 6.37. The third-order valence-electron chi connectivity index (χ3n) is 4.59. The molecule has 1 saturated carbocycles. The number of carbonyl (C=O) groups is 1. The predicted molar refractivity (Wildman–Crippen MR) is 97.1 cm³/mol. The number of nitrogens with zero attached hydrogens (tertiary/aromatic N) is 1. The van der Waals surface area contributed by atoms with E-state index in [-0.39, 0.29) is 29.9 Å². The fourth-order valence-electron chi connectivity index (χ4n) is 3.12. The summed E-state index contributed by atoms with van der Waals surface area (Å²) in [6.07, 6.45) is 6.60. The summed E-state index contributed by atoms with van der Waals surface area (Å²) in [5.74, 6) is 0.360. The fourth-order valence-corrected chi connectivity index (χ4v) is 4.53. The van der Waals surface area contributed by atoms with Gasteiger partial charge in [-0.1, -0.05) is 32.6 Å². The van der Waals surface area contributed by atoms with Crippen LogP contribution < -0.4 is 10.1 Å². The minimum absolute atomic E-state index is 0.151. The summed E-state index contributed by atoms with van der Waals surface area (Å²) in [6.45, 7) is 1.83. The van der Waals surface area contributed by atoms with Crippen LogP contribution in [0.2, 0.25) is 0 Å². The molecule has 1 aliphatic rings. The second-order valence-electron chi connectivity index (χ2n) is 6.36. The molecule has 1 amide bonds. The van der Waals surface area contributed by atoms with Crippen molar-refractivity contribution < 1.29 is 17.9 Å². The lowest BCUT2D eigenvalue weighted by Gasteiger charge is -2.22. The average Bonchev–Trinajstić information content (AvgIpc) is 2.88. The third kappa shape index (κ3) is 5.44. The molecule has 140 valence electrons. The second kappa shape index (κ2) is 9.20. The third-order valence-corrected chi connectivity index (χ3v) is 6.53. The van der Waals surface area contributed by atoms with E-state index >= 15 is 0 Å². The summed E-state index contributed by atoms with van der Waals surface area (Å²) in [5.41, 5.74) is 0. The van der Waals surface area contributed by atoms with E-state index in [1.807, 2.05) is 0 Å². The lowest BCUT2D eigenvalue weighted by atomic mass is 10.1. The van der Waals surface area contributed by atoms with Crippen LogP contribution in [0.25, 0.3) is 0 Å². The zero-order chi connectivity index (χ0) is 18.3. The van der Waals surface area contributed by atoms with Crippen LogP contribution in [0.5, 0.6) is 5.75 Å². The first kappa shape index (κ1) is 19.7. The zero-order valence-corrected chi connectivity index (χ0v) is 15.8. The second-order valence-corrected chi connectivity index (χ2v) is 8.30. The molecular formula is C18H28N2O4S. The van der Waals surface area contributed by atoms with Crippen LogP contribution in [-0.2, 0) is 14.8 Å². The number of carbonyl (C=O) groups excluding carboxylic acids is 1. The average molecular weight is 368 g/mol. The van der Waals surface area contributed by atoms with E-state index in [1.165, 1.54) is 36.4 Å². The summed E-state index contributed by atoms with van der Waals surface area (Å²) < 4.78 is 31.8. The topological polar surface area (TPSA) is 75.7 Å². The van der Waals surface area contributed by atoms with Gasteiger partial charge in [0, 0.05) is 12.6 Å². The molecule has 1 aromatic rings. The predicted octanol–water partition coefficient (Wildman–Crippen LogP) is 2.54. The van der Waals surface area contributed by atoms with Gasteiger partial charge in [-0.2, -0.15) is 4.31 Å². The first-order valence-electron chi connectivity index (χ1n) is 8.91. The molecule has 0 aromatic heterocycles. The van der Waals surface area contributed by atoms with Gasteiger partial charge in [-0.25, -0.2) is 8.42 Å². The molecule has 0 heterocycles. The number of hydrogen-bond donors (Lipinski definition) is 1. The van der Waals surface area contributed by atoms with Crippen molar-refractivity contribution in [2.24, 2.45) is 0 Å². The van der Waals surface area contributed by atoms with Gasteiger partial charge in [-0.05, 0) is 37.1 Å². The smallest absolute Gasteiger partial charge is 0.243 e. The number of methoxy groups -OCH3 is 1. The Morgan fingerprint density at radius 2 is 1.76 bits per heavy atom. The quantitative estimate of drug-likeness (QED) is 0.751. The number of ether oxygens (including phenoxy) is 1. The summed E-state index contributed by atoms with van der Waals surface area (Å²) in [5, 5.41) is 3.00. The minimum atomic E-state index is -3.70. The zero-order valence-electron chi connectivity index (χ0n) is 15.0. The maximum Gasteiger partial charge on any atom is 0.243 e. The van der Waals surface area contributed by atoms with E-state index in [2.05, 4.69) is 5.32 Å². The SMILES string of the molecule is CCN(CC(=O)NC1CCCCCC1)S(=O)(=O)c1ccc(OC)cc1. The van der Waals surface area contributed by atoms with Gasteiger partial charge in [0.15, 0.2) is 0 Å². The van der Waals surface area contributed by atoms with Gasteiger partial charge in [0.25, 0.3) is 0 Å². The van der Waals surface area contributed by atoms with Crippen LogP contribution in [0.15, 0.2) is 29.2 Å². The number of sulfonamides is 1. The Labute approximate surface area is 150 Å². The Morgan fingerprint density at radius 3 is 2.28 bits per heavy atom. The molecule has 0 bridgehead atoms. The maximum absolute atomic E-state index is 12.8. The van der Waals surface area contributed by atoms with Gasteiger partial charge in [0.05, 0.1) is 18.6 Å². The van der Waals surface area contributed by atoms with Crippen LogP contribution in [0.3, 0.4) is 0 Å². The molecule has 0 spiro atoms. The Hall–Kier alpha value is -1.60. The van der Waals surface area contributed by atoms with Crippen molar-refractivity contribution in [1.82, 2.24) is 9.62 Å². The Balaban J connectivity index is 2.02. The number of benzene rings is 1. The molecule has 7 heteroatoms. The Morgan fingerprint density at radius 1 is 1.16 bits per heavy atom. The minimum Gasteiger partial charge on any atom is -0.497 e. The fraction of sp³-hybridized carbons (Fsp3) is 0.611. The lowest BCUT2D eigenvalue weighted by Crippen LogP contribution is -2.44. The molecule has 0 aliphatic heterocycles. The van der Waals surface area contributed by atoms with Gasteiger partial charge >= 0.3 is 0 Å². The van der Waals surface area contributed by atoms with Gasteiger partial charge in [-0.15, -0.1) is 0 Å². The number of likely N-dealkylation sites (N-methyl/N-ethyl adjacent to an activating group) is 1. The molecule has 1 fully saturated rings. The van der Waals surface area contributed by atoms with Crippen LogP contribution in [0, 0.1) is 0 Å². The number of rotatable bonds is 7. The van der Waals surface area contributed by atoms with Crippen molar-refractivity contribution in [3.05, 3.63) is 24.3 Å². The van der Waals surface area contributed by atoms with Gasteiger partial charge in [-0.3, -0.25) is 4.79 Å². The highest BCUT2D eigenvalue weighted by Gasteiger charge is 2.26. The van der Waals surface area contributed by atoms with E-state index in [4.69, 9.17) is 4.74 Å². The molecule has 1 N–H and O–H groups in total. The highest BCUT2D eigenvalue weighted by Crippen LogP contribution is 2.20. The molecule has 0 unspecified atom stereocenters. The molecule has 0 atom stereocenters. The highest BCUT2D eigenvalue weighted by molar-refractivity contribution is 7.89. The van der Waals surface area contributed by atoms with Gasteiger partial charge < -0.3 is 10.1 Å². The molecule has 0 saturated heterocycles. The van der Waals surface area contributed by atoms with Gasteiger partial charge in [0.1, 0.15) is 5.75 Å². The molecule has 1 aliphatic carbocycles. The summed E-state index contributed by atoms with van der Waals surface area (Å²) in [7, 11) is -2.17. The van der Waals surface area contributed by atoms with E-state index in [9.17, 15) is 13.2 Å². The van der Waals surface area contributed by atoms with Crippen molar-refractivity contribution in [3.63, 3.8) is 0 Å². The van der Waals surface area contributed by atoms with Crippen LogP contribution in [0.4, 0.5) is 0 Å². The Kier molecular flexibility index (Phi) is 7.25. The molecule has 25 heavy (non-hydrogen) atoms. The van der Waals surface area contributed by atoms with Crippen LogP contribution in [0.1, 0.15) is 45.4 Å². The molecule has 6 nitrogen and oxygen atoms in total. The van der Waals surface area contributed by atoms with Crippen LogP contribution >= 0.6 is 0 Å². The maximum atomic E-state index is 12.8. The molecule has 1 aromatic carbocycles. The highest BCUT2D eigenvalue weighted by atomic mass is 32.2. The molecule has 2 rings (SSSR count). The monoisotopic (exact) mass is 368 g/mol. The van der Waals surface area contributed by atoms with E-state index in [0.29, 0.717) is 5.75 Å². The van der Waals surface area contributed by atoms with Crippen molar-refractivity contribution in [2.45, 2.75) is 56.4 Å². The van der Waals surface area contributed by atoms with Gasteiger partial charge in [0.2, 0.25) is 15.9 Å². The number of hydrogen-bond acceptors (Lipinski definition) is 4. The molecular weight excluding hydrogens is 340 g/mol. The first-order valence-corrected chi connectivity index (χ1v) is 10.3. The lowest BCUT2D eigenvalue weighted by molar-refractivity contribution is -0.122. The summed E-state index contributed by atoms with van der Waals surface area (Å²) in [4.78, 5) is 12.5. The number of amides is 1. The van der Waals surface area contributed by atoms with E-state index in [1.54, 1.807) is 19.1 Å². The standard InChI is InChI=1S/C18H28N2O4S/c1-3-20(14-18(21)19-15-8-6-4-5-7-9-15)25(22,23)17-12-10-16(24-2)11-13-17/h10-13,15H,3-9,14H2,1-2H3,(H,19,21). The number of nitrogens with one attached hydrogen (secondary N) is 1. The van der Waals surface area contributed by atoms with Crippen LogP contribution in [-0.4, -0.2) is 44.9 Å². The largest absolute Gasteiger partial charge is 0.497 e. The summed E-state index contributed by atoms with van der Waals surface area (Å²) >= 11 is 0. The van der Waals surface area contributed by atoms with E-state index < -0.39 is 10.0 Å². The van der Waals surface area contributed by atoms with Crippen molar-refractivity contribution in [3.8, 4) is 5.75 Å². The normalized spacial score (nSPS) is 16.4. The van der Waals surface area contributed by atoms with Crippen molar-refractivity contribution >= 4 is 15.9 Å².